The van der Waals surface area contributed by atoms with Crippen LogP contribution in [-0.2, 0) is 14.3 Å². The predicted octanol–water partition coefficient (Wildman–Crippen LogP) is 7.02. The molecule has 1 rings (SSSR count). The van der Waals surface area contributed by atoms with Gasteiger partial charge in [-0.2, -0.15) is 0 Å². The number of carbonyl (C=O) groups is 2. The minimum atomic E-state index is -0.457. The van der Waals surface area contributed by atoms with Crippen molar-refractivity contribution in [1.82, 2.24) is 4.90 Å². The molecule has 0 unspecified atom stereocenters. The zero-order chi connectivity index (χ0) is 21.9. The van der Waals surface area contributed by atoms with Crippen LogP contribution >= 0.6 is 0 Å². The number of unbranched alkanes of at least 4 members (excludes halogenated alkanes) is 13. The van der Waals surface area contributed by atoms with E-state index in [-0.39, 0.29) is 12.1 Å². The van der Waals surface area contributed by atoms with Gasteiger partial charge in [0.05, 0.1) is 13.2 Å². The van der Waals surface area contributed by atoms with E-state index in [1.807, 2.05) is 6.92 Å². The highest BCUT2D eigenvalue weighted by atomic mass is 16.6. The van der Waals surface area contributed by atoms with Crippen molar-refractivity contribution >= 4 is 12.1 Å². The van der Waals surface area contributed by atoms with Crippen LogP contribution in [0.5, 0.6) is 0 Å². The molecule has 1 saturated heterocycles. The molecule has 5 heteroatoms. The fourth-order valence-corrected chi connectivity index (χ4v) is 4.07. The van der Waals surface area contributed by atoms with Crippen LogP contribution in [0.2, 0.25) is 0 Å². The second-order valence-corrected chi connectivity index (χ2v) is 8.73. The number of amides is 1. The third kappa shape index (κ3) is 12.4. The highest BCUT2D eigenvalue weighted by Gasteiger charge is 2.36. The van der Waals surface area contributed by atoms with Gasteiger partial charge in [-0.05, 0) is 25.7 Å². The number of hydrogen-bond acceptors (Lipinski definition) is 4. The Balaban J connectivity index is 1.93. The SMILES string of the molecule is CCCCCCCCCCCCCCCCOC(=O)[C@@H]1CCCN1C(=O)OCCC. The van der Waals surface area contributed by atoms with Crippen molar-refractivity contribution < 1.29 is 19.1 Å². The Kier molecular flexibility index (Phi) is 16.5. The Labute approximate surface area is 185 Å². The van der Waals surface area contributed by atoms with Crippen molar-refractivity contribution in [3.8, 4) is 0 Å². The first-order chi connectivity index (χ1) is 14.7. The maximum absolute atomic E-state index is 12.3. The lowest BCUT2D eigenvalue weighted by Gasteiger charge is -2.22. The summed E-state index contributed by atoms with van der Waals surface area (Å²) in [5.41, 5.74) is 0. The summed E-state index contributed by atoms with van der Waals surface area (Å²) in [4.78, 5) is 25.9. The smallest absolute Gasteiger partial charge is 0.410 e. The number of hydrogen-bond donors (Lipinski definition) is 0. The molecule has 1 aliphatic rings. The molecule has 0 aromatic carbocycles. The molecule has 1 amide bonds. The second-order valence-electron chi connectivity index (χ2n) is 8.73. The zero-order valence-electron chi connectivity index (χ0n) is 19.8. The maximum atomic E-state index is 12.3. The fraction of sp³-hybridized carbons (Fsp3) is 0.920. The number of likely N-dealkylation sites (tertiary alicyclic amines) is 1. The predicted molar refractivity (Wildman–Crippen MR) is 123 cm³/mol. The van der Waals surface area contributed by atoms with Gasteiger partial charge in [-0.1, -0.05) is 97.3 Å². The molecule has 0 aromatic rings. The van der Waals surface area contributed by atoms with Gasteiger partial charge in [-0.15, -0.1) is 0 Å². The Morgan fingerprint density at radius 1 is 0.700 bits per heavy atom. The normalized spacial score (nSPS) is 16.1. The Morgan fingerprint density at radius 2 is 1.23 bits per heavy atom. The third-order valence-electron chi connectivity index (χ3n) is 5.93. The monoisotopic (exact) mass is 425 g/mol. The molecule has 30 heavy (non-hydrogen) atoms. The summed E-state index contributed by atoms with van der Waals surface area (Å²) < 4.78 is 10.6. The van der Waals surface area contributed by atoms with Crippen LogP contribution in [0, 0.1) is 0 Å². The van der Waals surface area contributed by atoms with E-state index in [0.717, 1.165) is 25.7 Å². The van der Waals surface area contributed by atoms with E-state index in [1.54, 1.807) is 0 Å². The fourth-order valence-electron chi connectivity index (χ4n) is 4.07. The summed E-state index contributed by atoms with van der Waals surface area (Å²) >= 11 is 0. The Morgan fingerprint density at radius 3 is 1.77 bits per heavy atom. The van der Waals surface area contributed by atoms with Crippen molar-refractivity contribution in [2.45, 2.75) is 129 Å². The molecule has 0 bridgehead atoms. The summed E-state index contributed by atoms with van der Waals surface area (Å²) in [6, 6.07) is -0.457. The van der Waals surface area contributed by atoms with Gasteiger partial charge in [-0.25, -0.2) is 9.59 Å². The van der Waals surface area contributed by atoms with Gasteiger partial charge < -0.3 is 9.47 Å². The molecular formula is C25H47NO4. The summed E-state index contributed by atoms with van der Waals surface area (Å²) in [7, 11) is 0. The molecule has 0 saturated carbocycles. The van der Waals surface area contributed by atoms with Gasteiger partial charge in [0, 0.05) is 6.54 Å². The van der Waals surface area contributed by atoms with Gasteiger partial charge >= 0.3 is 12.1 Å². The highest BCUT2D eigenvalue weighted by Crippen LogP contribution is 2.20. The lowest BCUT2D eigenvalue weighted by atomic mass is 10.0. The number of rotatable bonds is 18. The zero-order valence-corrected chi connectivity index (χ0v) is 19.8. The first kappa shape index (κ1) is 26.8. The number of esters is 1. The van der Waals surface area contributed by atoms with Crippen LogP contribution < -0.4 is 0 Å². The molecule has 5 nitrogen and oxygen atoms in total. The molecule has 0 radical (unpaired) electrons. The van der Waals surface area contributed by atoms with E-state index < -0.39 is 6.04 Å². The summed E-state index contributed by atoms with van der Waals surface area (Å²) in [5, 5.41) is 0. The topological polar surface area (TPSA) is 55.8 Å². The average Bonchev–Trinajstić information content (AvgIpc) is 3.25. The van der Waals surface area contributed by atoms with Crippen molar-refractivity contribution in [3.63, 3.8) is 0 Å². The van der Waals surface area contributed by atoms with Gasteiger partial charge in [0.2, 0.25) is 0 Å². The van der Waals surface area contributed by atoms with E-state index in [4.69, 9.17) is 9.47 Å². The lowest BCUT2D eigenvalue weighted by molar-refractivity contribution is -0.148. The van der Waals surface area contributed by atoms with Crippen LogP contribution in [0.4, 0.5) is 4.79 Å². The molecule has 1 aliphatic heterocycles. The largest absolute Gasteiger partial charge is 0.464 e. The first-order valence-electron chi connectivity index (χ1n) is 12.8. The molecule has 1 fully saturated rings. The standard InChI is InChI=1S/C25H47NO4/c1-3-5-6-7-8-9-10-11-12-13-14-15-16-17-22-29-24(27)23-19-18-20-26(23)25(28)30-21-4-2/h23H,3-22H2,1-2H3/t23-/m0/s1. The Hall–Kier alpha value is -1.26. The molecule has 0 spiro atoms. The van der Waals surface area contributed by atoms with E-state index in [2.05, 4.69) is 6.92 Å². The van der Waals surface area contributed by atoms with E-state index in [0.29, 0.717) is 26.2 Å². The van der Waals surface area contributed by atoms with Crippen molar-refractivity contribution in [2.75, 3.05) is 19.8 Å². The van der Waals surface area contributed by atoms with Crippen LogP contribution in [0.3, 0.4) is 0 Å². The first-order valence-corrected chi connectivity index (χ1v) is 12.8. The number of ether oxygens (including phenoxy) is 2. The molecule has 0 N–H and O–H groups in total. The summed E-state index contributed by atoms with van der Waals surface area (Å²) in [6.45, 7) is 5.67. The van der Waals surface area contributed by atoms with Crippen LogP contribution in [-0.4, -0.2) is 42.8 Å². The number of nitrogens with zero attached hydrogens (tertiary/aromatic N) is 1. The van der Waals surface area contributed by atoms with E-state index in [9.17, 15) is 9.59 Å². The maximum Gasteiger partial charge on any atom is 0.410 e. The van der Waals surface area contributed by atoms with E-state index in [1.165, 1.54) is 81.9 Å². The van der Waals surface area contributed by atoms with Crippen LogP contribution in [0.25, 0.3) is 0 Å². The highest BCUT2D eigenvalue weighted by molar-refractivity contribution is 5.82. The molecular weight excluding hydrogens is 378 g/mol. The molecule has 0 aromatic heterocycles. The van der Waals surface area contributed by atoms with Crippen LogP contribution in [0.1, 0.15) is 123 Å². The molecule has 1 atom stereocenters. The second kappa shape index (κ2) is 18.5. The summed E-state index contributed by atoms with van der Waals surface area (Å²) in [6.07, 6.45) is 20.3. The van der Waals surface area contributed by atoms with Gasteiger partial charge in [0.15, 0.2) is 0 Å². The van der Waals surface area contributed by atoms with Gasteiger partial charge in [-0.3, -0.25) is 4.90 Å². The van der Waals surface area contributed by atoms with Crippen molar-refractivity contribution in [2.24, 2.45) is 0 Å². The lowest BCUT2D eigenvalue weighted by Crippen LogP contribution is -2.41. The minimum Gasteiger partial charge on any atom is -0.464 e. The number of carbonyl (C=O) groups excluding carboxylic acids is 2. The van der Waals surface area contributed by atoms with E-state index >= 15 is 0 Å². The Bertz CT molecular complexity index is 441. The molecule has 0 aliphatic carbocycles. The molecule has 1 heterocycles. The average molecular weight is 426 g/mol. The third-order valence-corrected chi connectivity index (χ3v) is 5.93. The summed E-state index contributed by atoms with van der Waals surface area (Å²) in [5.74, 6) is -0.268. The van der Waals surface area contributed by atoms with Crippen molar-refractivity contribution in [1.29, 1.82) is 0 Å². The quantitative estimate of drug-likeness (QED) is 0.175. The van der Waals surface area contributed by atoms with Gasteiger partial charge in [0.1, 0.15) is 6.04 Å². The van der Waals surface area contributed by atoms with Gasteiger partial charge in [0.25, 0.3) is 0 Å². The minimum absolute atomic E-state index is 0.268. The molecule has 176 valence electrons. The van der Waals surface area contributed by atoms with Crippen molar-refractivity contribution in [3.05, 3.63) is 0 Å². The van der Waals surface area contributed by atoms with Crippen LogP contribution in [0.15, 0.2) is 0 Å².